The molecule has 0 aromatic rings. The van der Waals surface area contributed by atoms with Crippen LogP contribution < -0.4 is 0 Å². The second-order valence-electron chi connectivity index (χ2n) is 10.9. The molecule has 2 aliphatic heterocycles. The van der Waals surface area contributed by atoms with Crippen molar-refractivity contribution in [1.82, 2.24) is 0 Å². The van der Waals surface area contributed by atoms with Gasteiger partial charge in [0.2, 0.25) is 0 Å². The Morgan fingerprint density at radius 2 is 1.69 bits per heavy atom. The fraction of sp³-hybridized carbons (Fsp3) is 0.952. The lowest BCUT2D eigenvalue weighted by molar-refractivity contribution is -0.177. The summed E-state index contributed by atoms with van der Waals surface area (Å²) >= 11 is 3.69. The van der Waals surface area contributed by atoms with Crippen LogP contribution in [-0.2, 0) is 23.1 Å². The summed E-state index contributed by atoms with van der Waals surface area (Å²) in [5.74, 6) is -0.326. The van der Waals surface area contributed by atoms with Gasteiger partial charge in [0.1, 0.15) is 6.10 Å². The van der Waals surface area contributed by atoms with Gasteiger partial charge in [-0.3, -0.25) is 4.79 Å². The van der Waals surface area contributed by atoms with Crippen molar-refractivity contribution >= 4 is 30.5 Å². The number of fused-ring (bicyclic) bond motifs is 1. The Labute approximate surface area is 185 Å². The summed E-state index contributed by atoms with van der Waals surface area (Å²) < 4.78 is 25.0. The second kappa shape index (κ2) is 8.51. The third kappa shape index (κ3) is 4.62. The summed E-state index contributed by atoms with van der Waals surface area (Å²) in [4.78, 5) is 12.2. The second-order valence-corrected chi connectivity index (χ2v) is 16.7. The van der Waals surface area contributed by atoms with E-state index in [0.717, 1.165) is 0 Å². The fourth-order valence-electron chi connectivity index (χ4n) is 4.64. The van der Waals surface area contributed by atoms with Gasteiger partial charge >= 0.3 is 14.5 Å². The van der Waals surface area contributed by atoms with Crippen molar-refractivity contribution in [3.8, 4) is 0 Å². The molecule has 29 heavy (non-hydrogen) atoms. The van der Waals surface area contributed by atoms with E-state index in [1.807, 2.05) is 0 Å². The molecule has 170 valence electrons. The predicted molar refractivity (Wildman–Crippen MR) is 118 cm³/mol. The number of halogens is 1. The van der Waals surface area contributed by atoms with E-state index >= 15 is 0 Å². The lowest BCUT2D eigenvalue weighted by Crippen LogP contribution is -2.67. The molecule has 2 fully saturated rings. The molecular weight excluding hydrogens is 456 g/mol. The van der Waals surface area contributed by atoms with Gasteiger partial charge < -0.3 is 23.4 Å². The summed E-state index contributed by atoms with van der Waals surface area (Å²) in [5.41, 5.74) is -0.890. The Hall–Kier alpha value is 0.00688. The first-order chi connectivity index (χ1) is 13.1. The van der Waals surface area contributed by atoms with E-state index < -0.39 is 26.2 Å². The number of aliphatic hydroxyl groups is 1. The summed E-state index contributed by atoms with van der Waals surface area (Å²) in [7, 11) is -2.70. The van der Waals surface area contributed by atoms with Crippen molar-refractivity contribution in [1.29, 1.82) is 0 Å². The van der Waals surface area contributed by atoms with Crippen molar-refractivity contribution < 1.29 is 28.2 Å². The highest BCUT2D eigenvalue weighted by molar-refractivity contribution is 9.09. The average Bonchev–Trinajstić information content (AvgIpc) is 2.70. The molecule has 0 saturated carbocycles. The molecule has 0 aromatic carbocycles. The van der Waals surface area contributed by atoms with E-state index in [-0.39, 0.29) is 33.1 Å². The highest BCUT2D eigenvalue weighted by atomic mass is 79.9. The van der Waals surface area contributed by atoms with E-state index in [0.29, 0.717) is 19.6 Å². The van der Waals surface area contributed by atoms with E-state index in [1.165, 1.54) is 0 Å². The van der Waals surface area contributed by atoms with Crippen molar-refractivity contribution in [2.24, 2.45) is 5.41 Å². The number of hydrogen-bond acceptors (Lipinski definition) is 6. The standard InChI is InChI=1S/C21H39BrO6Si/c1-10-25-18(24)21(8,9)15-11-13(23)16(22)17-14(27-15)12-26-29(28-17,19(2,3)4)20(5,6)7/h13-17,23H,10-12H2,1-9H3/t13-,14+,15-,16+,17-/m0/s1. The number of aliphatic hydroxyl groups excluding tert-OH is 1. The molecule has 0 aliphatic carbocycles. The molecule has 0 aromatic heterocycles. The van der Waals surface area contributed by atoms with Crippen molar-refractivity contribution in [2.75, 3.05) is 13.2 Å². The highest BCUT2D eigenvalue weighted by Crippen LogP contribution is 2.55. The Bertz CT molecular complexity index is 583. The van der Waals surface area contributed by atoms with Crippen LogP contribution in [0.5, 0.6) is 0 Å². The van der Waals surface area contributed by atoms with Crippen LogP contribution in [0.2, 0.25) is 10.1 Å². The zero-order valence-electron chi connectivity index (χ0n) is 19.4. The third-order valence-corrected chi connectivity index (χ3v) is 12.4. The molecule has 0 bridgehead atoms. The highest BCUT2D eigenvalue weighted by Gasteiger charge is 2.64. The van der Waals surface area contributed by atoms with Gasteiger partial charge in [-0.2, -0.15) is 0 Å². The molecule has 1 N–H and O–H groups in total. The summed E-state index contributed by atoms with van der Waals surface area (Å²) in [6, 6.07) is 0. The van der Waals surface area contributed by atoms with Gasteiger partial charge in [-0.1, -0.05) is 57.5 Å². The first kappa shape index (κ1) is 25.3. The van der Waals surface area contributed by atoms with Gasteiger partial charge in [0.05, 0.1) is 41.8 Å². The molecule has 2 saturated heterocycles. The molecule has 2 heterocycles. The van der Waals surface area contributed by atoms with Gasteiger partial charge in [-0.05, 0) is 20.8 Å². The van der Waals surface area contributed by atoms with Gasteiger partial charge in [0.25, 0.3) is 0 Å². The Kier molecular flexibility index (Phi) is 7.41. The molecule has 0 radical (unpaired) electrons. The van der Waals surface area contributed by atoms with Crippen molar-refractivity contribution in [2.45, 2.75) is 108 Å². The summed E-state index contributed by atoms with van der Waals surface area (Å²) in [6.45, 7) is 19.1. The lowest BCUT2D eigenvalue weighted by atomic mass is 9.83. The zero-order chi connectivity index (χ0) is 22.4. The van der Waals surface area contributed by atoms with Crippen LogP contribution in [0, 0.1) is 5.41 Å². The minimum absolute atomic E-state index is 0.163. The van der Waals surface area contributed by atoms with Gasteiger partial charge in [0.15, 0.2) is 0 Å². The minimum Gasteiger partial charge on any atom is -0.466 e. The topological polar surface area (TPSA) is 74.2 Å². The number of rotatable bonds is 3. The zero-order valence-corrected chi connectivity index (χ0v) is 22.0. The van der Waals surface area contributed by atoms with Crippen LogP contribution in [0.1, 0.15) is 68.7 Å². The average molecular weight is 496 g/mol. The third-order valence-electron chi connectivity index (χ3n) is 6.18. The van der Waals surface area contributed by atoms with Crippen LogP contribution in [0.4, 0.5) is 0 Å². The van der Waals surface area contributed by atoms with Crippen molar-refractivity contribution in [3.63, 3.8) is 0 Å². The van der Waals surface area contributed by atoms with Gasteiger partial charge in [-0.25, -0.2) is 0 Å². The normalized spacial score (nSPS) is 33.6. The van der Waals surface area contributed by atoms with Crippen LogP contribution >= 0.6 is 15.9 Å². The van der Waals surface area contributed by atoms with Crippen LogP contribution in [0.25, 0.3) is 0 Å². The summed E-state index contributed by atoms with van der Waals surface area (Å²) in [5, 5.41) is 10.6. The quantitative estimate of drug-likeness (QED) is 0.357. The maximum Gasteiger partial charge on any atom is 0.349 e. The number of alkyl halides is 1. The predicted octanol–water partition coefficient (Wildman–Crippen LogP) is 4.32. The first-order valence-electron chi connectivity index (χ1n) is 10.5. The smallest absolute Gasteiger partial charge is 0.349 e. The van der Waals surface area contributed by atoms with Crippen LogP contribution in [0.15, 0.2) is 0 Å². The Balaban J connectivity index is 2.37. The molecular formula is C21H39BrO6Si. The molecule has 6 nitrogen and oxygen atoms in total. The maximum atomic E-state index is 12.5. The van der Waals surface area contributed by atoms with Crippen LogP contribution in [-0.4, -0.2) is 62.1 Å². The lowest BCUT2D eigenvalue weighted by Gasteiger charge is -2.55. The SMILES string of the molecule is CCOC(=O)C(C)(C)[C@@H]1C[C@H](O)[C@@H](Br)[C@H]2O[Si](C(C)(C)C)(C(C)(C)C)OC[C@H]2O1. The molecule has 2 aliphatic rings. The number of carbonyl (C=O) groups is 1. The number of hydrogen-bond donors (Lipinski definition) is 1. The molecule has 8 heteroatoms. The summed E-state index contributed by atoms with van der Waals surface area (Å²) in [6.07, 6.45) is -1.63. The van der Waals surface area contributed by atoms with E-state index in [2.05, 4.69) is 57.5 Å². The minimum atomic E-state index is -2.70. The molecule has 0 unspecified atom stereocenters. The number of ether oxygens (including phenoxy) is 2. The molecule has 2 rings (SSSR count). The van der Waals surface area contributed by atoms with Crippen LogP contribution in [0.3, 0.4) is 0 Å². The molecule has 0 amide bonds. The number of esters is 1. The van der Waals surface area contributed by atoms with E-state index in [9.17, 15) is 9.90 Å². The monoisotopic (exact) mass is 494 g/mol. The largest absolute Gasteiger partial charge is 0.466 e. The Morgan fingerprint density at radius 3 is 2.17 bits per heavy atom. The fourth-order valence-corrected chi connectivity index (χ4v) is 10.5. The maximum absolute atomic E-state index is 12.5. The van der Waals surface area contributed by atoms with E-state index in [4.69, 9.17) is 18.3 Å². The van der Waals surface area contributed by atoms with E-state index in [1.54, 1.807) is 20.8 Å². The Morgan fingerprint density at radius 1 is 1.14 bits per heavy atom. The first-order valence-corrected chi connectivity index (χ1v) is 13.3. The molecule has 0 spiro atoms. The van der Waals surface area contributed by atoms with Crippen molar-refractivity contribution in [3.05, 3.63) is 0 Å². The van der Waals surface area contributed by atoms with Gasteiger partial charge in [-0.15, -0.1) is 0 Å². The molecule has 5 atom stereocenters. The van der Waals surface area contributed by atoms with Gasteiger partial charge in [0, 0.05) is 16.5 Å². The number of carbonyl (C=O) groups excluding carboxylic acids is 1.